The minimum atomic E-state index is -0.189. The van der Waals surface area contributed by atoms with Gasteiger partial charge < -0.3 is 10.6 Å². The number of nitrogens with two attached hydrogens (primary N) is 1. The third kappa shape index (κ3) is 3.98. The van der Waals surface area contributed by atoms with Crippen LogP contribution in [0.4, 0.5) is 5.69 Å². The number of rotatable bonds is 7. The Morgan fingerprint density at radius 1 is 1.33 bits per heavy atom. The lowest BCUT2D eigenvalue weighted by atomic mass is 9.89. The summed E-state index contributed by atoms with van der Waals surface area (Å²) in [4.78, 5) is 2.50. The van der Waals surface area contributed by atoms with Crippen molar-refractivity contribution >= 4 is 5.69 Å². The Morgan fingerprint density at radius 3 is 2.81 bits per heavy atom. The summed E-state index contributed by atoms with van der Waals surface area (Å²) in [5.41, 5.74) is 8.40. The molecule has 1 unspecified atom stereocenters. The van der Waals surface area contributed by atoms with Crippen molar-refractivity contribution in [1.82, 2.24) is 0 Å². The molecule has 2 N–H and O–H groups in total. The van der Waals surface area contributed by atoms with Gasteiger partial charge in [-0.1, -0.05) is 24.6 Å². The Labute approximate surface area is 128 Å². The fraction of sp³-hybridized carbons (Fsp3) is 0.611. The third-order valence-corrected chi connectivity index (χ3v) is 4.46. The topological polar surface area (TPSA) is 53.0 Å². The summed E-state index contributed by atoms with van der Waals surface area (Å²) < 4.78 is 0. The Hall–Kier alpha value is -1.53. The van der Waals surface area contributed by atoms with E-state index in [1.807, 2.05) is 13.8 Å². The fourth-order valence-electron chi connectivity index (χ4n) is 3.17. The maximum Gasteiger partial charge on any atom is 0.0683 e. The van der Waals surface area contributed by atoms with Gasteiger partial charge in [0.2, 0.25) is 0 Å². The molecule has 0 saturated heterocycles. The normalized spacial score (nSPS) is 17.6. The third-order valence-electron chi connectivity index (χ3n) is 4.46. The number of anilines is 1. The number of hydrogen-bond donors (Lipinski definition) is 1. The van der Waals surface area contributed by atoms with Crippen LogP contribution in [0.15, 0.2) is 24.3 Å². The zero-order valence-electron chi connectivity index (χ0n) is 13.3. The zero-order chi connectivity index (χ0) is 15.3. The van der Waals surface area contributed by atoms with Crippen LogP contribution in [0.5, 0.6) is 0 Å². The van der Waals surface area contributed by atoms with E-state index in [0.29, 0.717) is 5.92 Å². The van der Waals surface area contributed by atoms with E-state index < -0.39 is 0 Å². The van der Waals surface area contributed by atoms with Gasteiger partial charge in [0.15, 0.2) is 0 Å². The van der Waals surface area contributed by atoms with Crippen LogP contribution in [-0.2, 0) is 0 Å². The summed E-state index contributed by atoms with van der Waals surface area (Å²) in [6, 6.07) is 11.1. The summed E-state index contributed by atoms with van der Waals surface area (Å²) in [5, 5.41) is 9.06. The van der Waals surface area contributed by atoms with E-state index in [1.165, 1.54) is 11.3 Å². The molecule has 1 aliphatic rings. The molecule has 0 saturated carbocycles. The summed E-state index contributed by atoms with van der Waals surface area (Å²) in [7, 11) is 0. The first-order chi connectivity index (χ1) is 10.1. The van der Waals surface area contributed by atoms with Crippen molar-refractivity contribution in [2.24, 2.45) is 11.1 Å². The second-order valence-electron chi connectivity index (χ2n) is 6.73. The molecule has 1 aromatic carbocycles. The van der Waals surface area contributed by atoms with Gasteiger partial charge in [0.05, 0.1) is 11.5 Å². The molecular formula is C18H27N3. The van der Waals surface area contributed by atoms with Gasteiger partial charge in [-0.15, -0.1) is 0 Å². The SMILES string of the molecule is CC(C)(C#N)CCCCN1CC(CCN)c2ccccc21. The van der Waals surface area contributed by atoms with Crippen molar-refractivity contribution in [2.45, 2.75) is 45.4 Å². The molecule has 3 heteroatoms. The van der Waals surface area contributed by atoms with Crippen molar-refractivity contribution in [3.8, 4) is 6.07 Å². The van der Waals surface area contributed by atoms with Crippen LogP contribution < -0.4 is 10.6 Å². The van der Waals surface area contributed by atoms with Crippen LogP contribution >= 0.6 is 0 Å². The molecule has 0 spiro atoms. The fourth-order valence-corrected chi connectivity index (χ4v) is 3.17. The van der Waals surface area contributed by atoms with Gasteiger partial charge in [-0.2, -0.15) is 5.26 Å². The van der Waals surface area contributed by atoms with Crippen LogP contribution in [-0.4, -0.2) is 19.6 Å². The number of fused-ring (bicyclic) bond motifs is 1. The van der Waals surface area contributed by atoms with E-state index in [9.17, 15) is 0 Å². The molecular weight excluding hydrogens is 258 g/mol. The second-order valence-corrected chi connectivity index (χ2v) is 6.73. The number of nitriles is 1. The van der Waals surface area contributed by atoms with Gasteiger partial charge in [-0.3, -0.25) is 0 Å². The molecule has 0 amide bonds. The summed E-state index contributed by atoms with van der Waals surface area (Å²) in [6.45, 7) is 6.98. The van der Waals surface area contributed by atoms with E-state index in [2.05, 4.69) is 35.2 Å². The van der Waals surface area contributed by atoms with E-state index >= 15 is 0 Å². The summed E-state index contributed by atoms with van der Waals surface area (Å²) >= 11 is 0. The number of nitrogens with zero attached hydrogens (tertiary/aromatic N) is 2. The van der Waals surface area contributed by atoms with Crippen molar-refractivity contribution in [1.29, 1.82) is 5.26 Å². The average Bonchev–Trinajstić information content (AvgIpc) is 2.83. The molecule has 1 aromatic rings. The smallest absolute Gasteiger partial charge is 0.0683 e. The minimum Gasteiger partial charge on any atom is -0.371 e. The Kier molecular flexibility index (Phi) is 5.25. The molecule has 21 heavy (non-hydrogen) atoms. The standard InChI is InChI=1S/C18H27N3/c1-18(2,14-20)10-5-6-12-21-13-15(9-11-19)16-7-3-4-8-17(16)21/h3-4,7-8,15H,5-6,9-13,19H2,1-2H3. The number of hydrogen-bond acceptors (Lipinski definition) is 3. The molecule has 0 aliphatic carbocycles. The van der Waals surface area contributed by atoms with E-state index in [0.717, 1.165) is 45.3 Å². The Morgan fingerprint density at radius 2 is 2.10 bits per heavy atom. The van der Waals surface area contributed by atoms with Gasteiger partial charge in [-0.05, 0) is 51.3 Å². The molecule has 114 valence electrons. The number of para-hydroxylation sites is 1. The van der Waals surface area contributed by atoms with Crippen LogP contribution in [0.2, 0.25) is 0 Å². The highest BCUT2D eigenvalue weighted by Crippen LogP contribution is 2.37. The summed E-state index contributed by atoms with van der Waals surface area (Å²) in [6.07, 6.45) is 4.30. The van der Waals surface area contributed by atoms with Gasteiger partial charge in [-0.25, -0.2) is 0 Å². The van der Waals surface area contributed by atoms with E-state index in [1.54, 1.807) is 0 Å². The highest BCUT2D eigenvalue weighted by molar-refractivity contribution is 5.60. The first-order valence-electron chi connectivity index (χ1n) is 8.02. The first kappa shape index (κ1) is 15.9. The van der Waals surface area contributed by atoms with Gasteiger partial charge >= 0.3 is 0 Å². The molecule has 0 bridgehead atoms. The molecule has 0 radical (unpaired) electrons. The average molecular weight is 285 g/mol. The van der Waals surface area contributed by atoms with Gasteiger partial charge in [0.25, 0.3) is 0 Å². The van der Waals surface area contributed by atoms with Crippen molar-refractivity contribution in [3.63, 3.8) is 0 Å². The molecule has 0 fully saturated rings. The predicted octanol–water partition coefficient (Wildman–Crippen LogP) is 3.66. The monoisotopic (exact) mass is 285 g/mol. The van der Waals surface area contributed by atoms with Gasteiger partial charge in [0.1, 0.15) is 0 Å². The minimum absolute atomic E-state index is 0.189. The van der Waals surface area contributed by atoms with Crippen LogP contribution in [0.3, 0.4) is 0 Å². The molecule has 1 atom stereocenters. The van der Waals surface area contributed by atoms with Crippen molar-refractivity contribution < 1.29 is 0 Å². The first-order valence-corrected chi connectivity index (χ1v) is 8.02. The molecule has 1 aliphatic heterocycles. The number of benzene rings is 1. The summed E-state index contributed by atoms with van der Waals surface area (Å²) in [5.74, 6) is 0.585. The van der Waals surface area contributed by atoms with E-state index in [4.69, 9.17) is 11.0 Å². The van der Waals surface area contributed by atoms with Crippen LogP contribution in [0, 0.1) is 16.7 Å². The van der Waals surface area contributed by atoms with Gasteiger partial charge in [0, 0.05) is 24.7 Å². The lowest BCUT2D eigenvalue weighted by Crippen LogP contribution is -2.24. The molecule has 2 rings (SSSR count). The largest absolute Gasteiger partial charge is 0.371 e. The quantitative estimate of drug-likeness (QED) is 0.778. The molecule has 1 heterocycles. The Balaban J connectivity index is 1.89. The van der Waals surface area contributed by atoms with Crippen LogP contribution in [0.1, 0.15) is 51.0 Å². The van der Waals surface area contributed by atoms with E-state index in [-0.39, 0.29) is 5.41 Å². The second kappa shape index (κ2) is 6.95. The van der Waals surface area contributed by atoms with Crippen molar-refractivity contribution in [2.75, 3.05) is 24.5 Å². The highest BCUT2D eigenvalue weighted by Gasteiger charge is 2.27. The lowest BCUT2D eigenvalue weighted by Gasteiger charge is -2.21. The maximum absolute atomic E-state index is 9.06. The van der Waals surface area contributed by atoms with Crippen molar-refractivity contribution in [3.05, 3.63) is 29.8 Å². The molecule has 0 aromatic heterocycles. The maximum atomic E-state index is 9.06. The predicted molar refractivity (Wildman–Crippen MR) is 88.3 cm³/mol. The Bertz CT molecular complexity index is 501. The zero-order valence-corrected chi connectivity index (χ0v) is 13.3. The molecule has 3 nitrogen and oxygen atoms in total. The lowest BCUT2D eigenvalue weighted by molar-refractivity contribution is 0.426. The number of unbranched alkanes of at least 4 members (excludes halogenated alkanes) is 1. The highest BCUT2D eigenvalue weighted by atomic mass is 15.2. The van der Waals surface area contributed by atoms with Crippen LogP contribution in [0.25, 0.3) is 0 Å².